The SMILES string of the molecule is CC1(C)CC[C@]2(C(=O)N3CCOCC3)CC[C@]3(C)C(=CCC4[C@@]5(C)CC[C@H](O[C@@H]6OC(CO)[C@H](O)C(O)C6O)C(C)(C)C5CC[C@]43C)C2C1. The number of carbonyl (C=O) groups is 1. The Morgan fingerprint density at radius 1 is 0.878 bits per heavy atom. The van der Waals surface area contributed by atoms with E-state index in [9.17, 15) is 25.2 Å². The van der Waals surface area contributed by atoms with Crippen molar-refractivity contribution in [1.82, 2.24) is 4.90 Å². The summed E-state index contributed by atoms with van der Waals surface area (Å²) in [7, 11) is 0. The zero-order valence-electron chi connectivity index (χ0n) is 31.2. The lowest BCUT2D eigenvalue weighted by Crippen LogP contribution is -2.66. The van der Waals surface area contributed by atoms with Crippen LogP contribution in [0.3, 0.4) is 0 Å². The number of rotatable bonds is 4. The van der Waals surface area contributed by atoms with Crippen molar-refractivity contribution in [3.63, 3.8) is 0 Å². The molecule has 2 heterocycles. The minimum Gasteiger partial charge on any atom is -0.394 e. The maximum atomic E-state index is 14.6. The fourth-order valence-electron chi connectivity index (χ4n) is 13.3. The molecule has 4 saturated carbocycles. The third kappa shape index (κ3) is 5.28. The fourth-order valence-corrected chi connectivity index (χ4v) is 13.3. The Kier molecular flexibility index (Phi) is 9.07. The first-order valence-electron chi connectivity index (χ1n) is 19.5. The molecule has 2 aliphatic heterocycles. The van der Waals surface area contributed by atoms with Gasteiger partial charge in [-0.15, -0.1) is 0 Å². The van der Waals surface area contributed by atoms with Gasteiger partial charge in [-0.3, -0.25) is 4.79 Å². The van der Waals surface area contributed by atoms with E-state index in [2.05, 4.69) is 59.4 Å². The molecule has 0 aromatic heterocycles. The average Bonchev–Trinajstić information content (AvgIpc) is 3.06. The molecule has 9 heteroatoms. The molecule has 0 aromatic carbocycles. The Morgan fingerprint density at radius 2 is 1.57 bits per heavy atom. The number of hydrogen-bond acceptors (Lipinski definition) is 8. The monoisotopic (exact) mass is 687 g/mol. The Balaban J connectivity index is 1.17. The summed E-state index contributed by atoms with van der Waals surface area (Å²) in [6.07, 6.45) is 6.37. The number of hydrogen-bond donors (Lipinski definition) is 4. The van der Waals surface area contributed by atoms with Gasteiger partial charge in [-0.25, -0.2) is 0 Å². The van der Waals surface area contributed by atoms with E-state index in [4.69, 9.17) is 14.2 Å². The third-order valence-electron chi connectivity index (χ3n) is 16.4. The van der Waals surface area contributed by atoms with E-state index in [-0.39, 0.29) is 44.5 Å². The van der Waals surface area contributed by atoms with E-state index < -0.39 is 37.3 Å². The third-order valence-corrected chi connectivity index (χ3v) is 16.4. The second kappa shape index (κ2) is 12.2. The van der Waals surface area contributed by atoms with Crippen LogP contribution < -0.4 is 0 Å². The number of fused-ring (bicyclic) bond motifs is 7. The van der Waals surface area contributed by atoms with Gasteiger partial charge in [0, 0.05) is 13.1 Å². The summed E-state index contributed by atoms with van der Waals surface area (Å²) in [4.78, 5) is 16.7. The molecule has 9 nitrogen and oxygen atoms in total. The molecule has 1 amide bonds. The first kappa shape index (κ1) is 36.3. The van der Waals surface area contributed by atoms with E-state index >= 15 is 0 Å². The smallest absolute Gasteiger partial charge is 0.229 e. The summed E-state index contributed by atoms with van der Waals surface area (Å²) in [5.74, 6) is 1.56. The fraction of sp³-hybridized carbons (Fsp3) is 0.925. The lowest BCUT2D eigenvalue weighted by atomic mass is 9.33. The highest BCUT2D eigenvalue weighted by Crippen LogP contribution is 2.76. The number of amides is 1. The molecule has 0 radical (unpaired) electrons. The molecule has 0 spiro atoms. The van der Waals surface area contributed by atoms with E-state index in [1.54, 1.807) is 5.57 Å². The van der Waals surface area contributed by atoms with E-state index in [0.717, 1.165) is 64.2 Å². The highest BCUT2D eigenvalue weighted by atomic mass is 16.7. The van der Waals surface area contributed by atoms with Crippen LogP contribution in [-0.2, 0) is 19.0 Å². The molecule has 49 heavy (non-hydrogen) atoms. The molecule has 7 aliphatic rings. The molecule has 2 saturated heterocycles. The summed E-state index contributed by atoms with van der Waals surface area (Å²) in [5.41, 5.74) is 1.50. The quantitative estimate of drug-likeness (QED) is 0.245. The average molecular weight is 688 g/mol. The van der Waals surface area contributed by atoms with E-state index in [0.29, 0.717) is 44.0 Å². The predicted molar refractivity (Wildman–Crippen MR) is 185 cm³/mol. The van der Waals surface area contributed by atoms with Gasteiger partial charge < -0.3 is 39.5 Å². The van der Waals surface area contributed by atoms with E-state index in [1.165, 1.54) is 0 Å². The van der Waals surface area contributed by atoms with Crippen molar-refractivity contribution in [2.24, 2.45) is 50.2 Å². The van der Waals surface area contributed by atoms with Crippen molar-refractivity contribution in [2.45, 2.75) is 149 Å². The predicted octanol–water partition coefficient (Wildman–Crippen LogP) is 4.83. The molecule has 0 aromatic rings. The molecule has 7 rings (SSSR count). The van der Waals surface area contributed by atoms with Crippen molar-refractivity contribution >= 4 is 5.91 Å². The van der Waals surface area contributed by atoms with Crippen LogP contribution in [0, 0.1) is 50.2 Å². The second-order valence-electron chi connectivity index (χ2n) is 19.5. The zero-order valence-corrected chi connectivity index (χ0v) is 31.2. The molecule has 6 fully saturated rings. The molecular formula is C40H65NO8. The Morgan fingerprint density at radius 3 is 2.27 bits per heavy atom. The van der Waals surface area contributed by atoms with E-state index in [1.807, 2.05) is 0 Å². The maximum absolute atomic E-state index is 14.6. The van der Waals surface area contributed by atoms with Crippen LogP contribution in [0.15, 0.2) is 11.6 Å². The summed E-state index contributed by atoms with van der Waals surface area (Å²) >= 11 is 0. The van der Waals surface area contributed by atoms with Gasteiger partial charge in [0.1, 0.15) is 24.4 Å². The van der Waals surface area contributed by atoms with Gasteiger partial charge in [0.15, 0.2) is 6.29 Å². The van der Waals surface area contributed by atoms with Gasteiger partial charge in [0.25, 0.3) is 0 Å². The van der Waals surface area contributed by atoms with Gasteiger partial charge in [0.2, 0.25) is 5.91 Å². The van der Waals surface area contributed by atoms with Crippen LogP contribution >= 0.6 is 0 Å². The molecular weight excluding hydrogens is 622 g/mol. The standard InChI is InChI=1S/C40H65NO8/c1-35(2)14-16-40(34(46)41-18-20-47-21-19-41)17-15-38(6)24(25(40)22-35)8-9-28-37(5)12-11-29(36(3,4)27(37)10-13-39(28,38)7)49-33-32(45)31(44)30(43)26(23-42)48-33/h8,25-33,42-45H,9-23H2,1-7H3/t25?,26?,27?,28?,29-,30-,31?,32?,33-,37-,38+,39+,40-/m0/s1. The molecule has 4 N–H and O–H groups in total. The summed E-state index contributed by atoms with van der Waals surface area (Å²) in [6, 6.07) is 0. The van der Waals surface area contributed by atoms with Gasteiger partial charge >= 0.3 is 0 Å². The number of allylic oxidation sites excluding steroid dienone is 2. The van der Waals surface area contributed by atoms with Crippen LogP contribution in [-0.4, -0.2) is 101 Å². The van der Waals surface area contributed by atoms with Gasteiger partial charge in [-0.2, -0.15) is 0 Å². The Hall–Kier alpha value is -1.07. The van der Waals surface area contributed by atoms with Gasteiger partial charge in [-0.1, -0.05) is 60.1 Å². The van der Waals surface area contributed by atoms with Crippen LogP contribution in [0.2, 0.25) is 0 Å². The van der Waals surface area contributed by atoms with Gasteiger partial charge in [-0.05, 0) is 109 Å². The number of morpholine rings is 1. The highest BCUT2D eigenvalue weighted by molar-refractivity contribution is 5.84. The molecule has 6 unspecified atom stereocenters. The van der Waals surface area contributed by atoms with Crippen LogP contribution in [0.1, 0.15) is 113 Å². The van der Waals surface area contributed by atoms with Crippen LogP contribution in [0.5, 0.6) is 0 Å². The zero-order chi connectivity index (χ0) is 35.4. The lowest BCUT2D eigenvalue weighted by Gasteiger charge is -2.71. The molecule has 278 valence electrons. The van der Waals surface area contributed by atoms with Crippen molar-refractivity contribution in [3.05, 3.63) is 11.6 Å². The summed E-state index contributed by atoms with van der Waals surface area (Å²) < 4.78 is 18.0. The van der Waals surface area contributed by atoms with Crippen molar-refractivity contribution in [2.75, 3.05) is 32.9 Å². The normalized spacial score (nSPS) is 50.6. The largest absolute Gasteiger partial charge is 0.394 e. The van der Waals surface area contributed by atoms with Crippen LogP contribution in [0.25, 0.3) is 0 Å². The van der Waals surface area contributed by atoms with Gasteiger partial charge in [0.05, 0.1) is 31.3 Å². The van der Waals surface area contributed by atoms with Crippen molar-refractivity contribution in [3.8, 4) is 0 Å². The molecule has 5 aliphatic carbocycles. The minimum absolute atomic E-state index is 0.0323. The second-order valence-corrected chi connectivity index (χ2v) is 19.5. The summed E-state index contributed by atoms with van der Waals surface area (Å²) in [5, 5.41) is 41.3. The minimum atomic E-state index is -1.44. The van der Waals surface area contributed by atoms with Crippen molar-refractivity contribution in [1.29, 1.82) is 0 Å². The number of carbonyl (C=O) groups excluding carboxylic acids is 1. The summed E-state index contributed by atoms with van der Waals surface area (Å²) in [6.45, 7) is 19.4. The Bertz CT molecular complexity index is 1310. The highest BCUT2D eigenvalue weighted by Gasteiger charge is 2.69. The number of aliphatic hydroxyl groups excluding tert-OH is 4. The number of ether oxygens (including phenoxy) is 3. The number of nitrogens with zero attached hydrogens (tertiary/aromatic N) is 1. The maximum Gasteiger partial charge on any atom is 0.229 e. The van der Waals surface area contributed by atoms with Crippen LogP contribution in [0.4, 0.5) is 0 Å². The number of aliphatic hydroxyl groups is 4. The first-order valence-corrected chi connectivity index (χ1v) is 19.5. The van der Waals surface area contributed by atoms with Crippen molar-refractivity contribution < 1.29 is 39.4 Å². The molecule has 0 bridgehead atoms. The topological polar surface area (TPSA) is 129 Å². The lowest BCUT2D eigenvalue weighted by molar-refractivity contribution is -0.330. The molecule has 13 atom stereocenters. The Labute approximate surface area is 294 Å². The first-order chi connectivity index (χ1) is 22.9.